The topological polar surface area (TPSA) is 42.7 Å². The maximum atomic E-state index is 4.93. The first-order valence-corrected chi connectivity index (χ1v) is 8.16. The monoisotopic (exact) mass is 304 g/mol. The Morgan fingerprint density at radius 3 is 2.57 bits per heavy atom. The van der Waals surface area contributed by atoms with Crippen LogP contribution in [0.5, 0.6) is 0 Å². The summed E-state index contributed by atoms with van der Waals surface area (Å²) in [5, 5.41) is 8.51. The number of fused-ring (bicyclic) bond motifs is 1. The Morgan fingerprint density at radius 1 is 1.00 bits per heavy atom. The summed E-state index contributed by atoms with van der Waals surface area (Å²) in [5.74, 6) is 1.14. The molecule has 0 saturated heterocycles. The van der Waals surface area contributed by atoms with E-state index in [1.54, 1.807) is 0 Å². The van der Waals surface area contributed by atoms with Crippen LogP contribution in [0.1, 0.15) is 24.0 Å². The van der Waals surface area contributed by atoms with Gasteiger partial charge in [-0.25, -0.2) is 4.68 Å². The first-order valence-electron chi connectivity index (χ1n) is 8.16. The number of hydrogen-bond acceptors (Lipinski definition) is 3. The molecule has 3 heterocycles. The van der Waals surface area contributed by atoms with Gasteiger partial charge in [0.05, 0.1) is 11.4 Å². The van der Waals surface area contributed by atoms with E-state index in [1.165, 1.54) is 24.0 Å². The van der Waals surface area contributed by atoms with E-state index in [4.69, 9.17) is 5.10 Å². The van der Waals surface area contributed by atoms with Gasteiger partial charge >= 0.3 is 0 Å². The van der Waals surface area contributed by atoms with Crippen LogP contribution in [-0.2, 0) is 6.42 Å². The molecule has 0 bridgehead atoms. The summed E-state index contributed by atoms with van der Waals surface area (Å²) in [4.78, 5) is 4.13. The SMILES string of the molecule is Cc1ccc(-n2nc(-c3ccncc3)c3c2NCCCC3)cc1. The molecule has 0 atom stereocenters. The molecule has 3 aromatic rings. The molecule has 1 N–H and O–H groups in total. The van der Waals surface area contributed by atoms with E-state index in [2.05, 4.69) is 46.2 Å². The van der Waals surface area contributed by atoms with Gasteiger partial charge in [0.25, 0.3) is 0 Å². The van der Waals surface area contributed by atoms with E-state index < -0.39 is 0 Å². The lowest BCUT2D eigenvalue weighted by molar-refractivity contribution is 0.780. The molecule has 116 valence electrons. The van der Waals surface area contributed by atoms with Crippen LogP contribution in [-0.4, -0.2) is 21.3 Å². The minimum absolute atomic E-state index is 1.00. The molecule has 1 aromatic carbocycles. The standard InChI is InChI=1S/C19H20N4/c1-14-5-7-16(8-6-14)23-19-17(4-2-3-11-21-19)18(22-23)15-9-12-20-13-10-15/h5-10,12-13,21H,2-4,11H2,1H3. The Hall–Kier alpha value is -2.62. The third-order valence-corrected chi connectivity index (χ3v) is 4.36. The van der Waals surface area contributed by atoms with Crippen LogP contribution in [0.4, 0.5) is 5.82 Å². The van der Waals surface area contributed by atoms with Gasteiger partial charge < -0.3 is 5.32 Å². The maximum absolute atomic E-state index is 4.93. The number of anilines is 1. The van der Waals surface area contributed by atoms with Crippen LogP contribution >= 0.6 is 0 Å². The van der Waals surface area contributed by atoms with Crippen molar-refractivity contribution < 1.29 is 0 Å². The summed E-state index contributed by atoms with van der Waals surface area (Å²) in [6.07, 6.45) is 7.11. The normalized spacial score (nSPS) is 14.0. The van der Waals surface area contributed by atoms with Gasteiger partial charge in [0.15, 0.2) is 0 Å². The molecular weight excluding hydrogens is 284 g/mol. The van der Waals surface area contributed by atoms with Crippen molar-refractivity contribution in [3.05, 3.63) is 59.9 Å². The summed E-state index contributed by atoms with van der Waals surface area (Å²) in [7, 11) is 0. The predicted octanol–water partition coefficient (Wildman–Crippen LogP) is 3.99. The molecule has 0 aliphatic carbocycles. The minimum atomic E-state index is 1.00. The van der Waals surface area contributed by atoms with E-state index in [1.807, 2.05) is 24.5 Å². The molecular formula is C19H20N4. The fourth-order valence-corrected chi connectivity index (χ4v) is 3.12. The largest absolute Gasteiger partial charge is 0.370 e. The summed E-state index contributed by atoms with van der Waals surface area (Å²) in [6, 6.07) is 12.6. The zero-order valence-corrected chi connectivity index (χ0v) is 13.3. The first kappa shape index (κ1) is 14.0. The minimum Gasteiger partial charge on any atom is -0.370 e. The molecule has 0 saturated carbocycles. The van der Waals surface area contributed by atoms with E-state index in [9.17, 15) is 0 Å². The van der Waals surface area contributed by atoms with Gasteiger partial charge in [-0.3, -0.25) is 4.98 Å². The second kappa shape index (κ2) is 5.88. The average Bonchev–Trinajstić information content (AvgIpc) is 2.78. The molecule has 0 unspecified atom stereocenters. The highest BCUT2D eigenvalue weighted by molar-refractivity contribution is 5.71. The number of pyridine rings is 1. The van der Waals surface area contributed by atoms with Crippen LogP contribution in [0.25, 0.3) is 16.9 Å². The van der Waals surface area contributed by atoms with Crippen molar-refractivity contribution in [3.63, 3.8) is 0 Å². The lowest BCUT2D eigenvalue weighted by atomic mass is 10.0. The molecule has 0 fully saturated rings. The summed E-state index contributed by atoms with van der Waals surface area (Å²) in [6.45, 7) is 3.11. The Balaban J connectivity index is 1.89. The van der Waals surface area contributed by atoms with Crippen LogP contribution in [0.3, 0.4) is 0 Å². The van der Waals surface area contributed by atoms with Gasteiger partial charge in [0, 0.05) is 30.1 Å². The number of aromatic nitrogens is 3. The van der Waals surface area contributed by atoms with Gasteiger partial charge in [-0.2, -0.15) is 5.10 Å². The second-order valence-electron chi connectivity index (χ2n) is 6.04. The molecule has 1 aliphatic heterocycles. The number of nitrogens with one attached hydrogen (secondary N) is 1. The van der Waals surface area contributed by atoms with Crippen molar-refractivity contribution >= 4 is 5.82 Å². The molecule has 4 heteroatoms. The van der Waals surface area contributed by atoms with Crippen LogP contribution in [0.15, 0.2) is 48.8 Å². The average molecular weight is 304 g/mol. The quantitative estimate of drug-likeness (QED) is 0.778. The van der Waals surface area contributed by atoms with Crippen molar-refractivity contribution in [1.82, 2.24) is 14.8 Å². The van der Waals surface area contributed by atoms with E-state index in [0.29, 0.717) is 0 Å². The summed E-state index contributed by atoms with van der Waals surface area (Å²) in [5.41, 5.74) is 5.87. The molecule has 0 radical (unpaired) electrons. The Kier molecular flexibility index (Phi) is 3.58. The molecule has 4 nitrogen and oxygen atoms in total. The maximum Gasteiger partial charge on any atom is 0.133 e. The molecule has 0 amide bonds. The Bertz CT molecular complexity index is 803. The third-order valence-electron chi connectivity index (χ3n) is 4.36. The van der Waals surface area contributed by atoms with Crippen LogP contribution in [0.2, 0.25) is 0 Å². The molecule has 4 rings (SSSR count). The lowest BCUT2D eigenvalue weighted by Crippen LogP contribution is -2.07. The molecule has 0 spiro atoms. The zero-order chi connectivity index (χ0) is 15.6. The Morgan fingerprint density at radius 2 is 1.78 bits per heavy atom. The van der Waals surface area contributed by atoms with Gasteiger partial charge in [-0.05, 0) is 50.5 Å². The fraction of sp³-hybridized carbons (Fsp3) is 0.263. The van der Waals surface area contributed by atoms with E-state index in [0.717, 1.165) is 35.7 Å². The molecule has 1 aliphatic rings. The highest BCUT2D eigenvalue weighted by Gasteiger charge is 2.21. The van der Waals surface area contributed by atoms with Gasteiger partial charge in [-0.1, -0.05) is 17.7 Å². The Labute approximate surface area is 136 Å². The summed E-state index contributed by atoms with van der Waals surface area (Å²) >= 11 is 0. The summed E-state index contributed by atoms with van der Waals surface area (Å²) < 4.78 is 2.05. The highest BCUT2D eigenvalue weighted by Crippen LogP contribution is 2.33. The smallest absolute Gasteiger partial charge is 0.133 e. The fourth-order valence-electron chi connectivity index (χ4n) is 3.12. The van der Waals surface area contributed by atoms with Crippen molar-refractivity contribution in [2.24, 2.45) is 0 Å². The van der Waals surface area contributed by atoms with Crippen molar-refractivity contribution in [2.45, 2.75) is 26.2 Å². The lowest BCUT2D eigenvalue weighted by Gasteiger charge is -2.09. The number of nitrogens with zero attached hydrogens (tertiary/aromatic N) is 3. The van der Waals surface area contributed by atoms with Crippen LogP contribution < -0.4 is 5.32 Å². The van der Waals surface area contributed by atoms with Crippen molar-refractivity contribution in [2.75, 3.05) is 11.9 Å². The van der Waals surface area contributed by atoms with Gasteiger partial charge in [0.1, 0.15) is 5.82 Å². The first-order chi connectivity index (χ1) is 11.3. The van der Waals surface area contributed by atoms with Gasteiger partial charge in [0.2, 0.25) is 0 Å². The van der Waals surface area contributed by atoms with E-state index >= 15 is 0 Å². The van der Waals surface area contributed by atoms with Crippen LogP contribution in [0, 0.1) is 6.92 Å². The number of aryl methyl sites for hydroxylation is 1. The van der Waals surface area contributed by atoms with Crippen molar-refractivity contribution in [3.8, 4) is 16.9 Å². The third kappa shape index (κ3) is 2.61. The number of rotatable bonds is 2. The second-order valence-corrected chi connectivity index (χ2v) is 6.04. The van der Waals surface area contributed by atoms with Gasteiger partial charge in [-0.15, -0.1) is 0 Å². The number of hydrogen-bond donors (Lipinski definition) is 1. The zero-order valence-electron chi connectivity index (χ0n) is 13.3. The van der Waals surface area contributed by atoms with E-state index in [-0.39, 0.29) is 0 Å². The molecule has 2 aromatic heterocycles. The van der Waals surface area contributed by atoms with Crippen molar-refractivity contribution in [1.29, 1.82) is 0 Å². The molecule has 23 heavy (non-hydrogen) atoms. The predicted molar refractivity (Wildman–Crippen MR) is 93.0 cm³/mol. The highest BCUT2D eigenvalue weighted by atomic mass is 15.3. The number of benzene rings is 1.